The number of carboxylic acids is 1. The Labute approximate surface area is 120 Å². The van der Waals surface area contributed by atoms with Crippen molar-refractivity contribution in [2.24, 2.45) is 0 Å². The van der Waals surface area contributed by atoms with Gasteiger partial charge >= 0.3 is 0 Å². The number of carbonyl (C=O) groups excluding carboxylic acids is 2. The molecular formula is C16H22NO3-. The second kappa shape index (κ2) is 7.68. The van der Waals surface area contributed by atoms with Gasteiger partial charge in [-0.1, -0.05) is 38.1 Å². The van der Waals surface area contributed by atoms with Gasteiger partial charge in [0.25, 0.3) is 0 Å². The average Bonchev–Trinajstić information content (AvgIpc) is 2.44. The van der Waals surface area contributed by atoms with E-state index in [1.807, 2.05) is 19.1 Å². The highest BCUT2D eigenvalue weighted by atomic mass is 16.4. The number of amides is 1. The highest BCUT2D eigenvalue weighted by molar-refractivity contribution is 5.80. The van der Waals surface area contributed by atoms with Gasteiger partial charge in [-0.15, -0.1) is 0 Å². The van der Waals surface area contributed by atoms with E-state index in [2.05, 4.69) is 31.3 Å². The van der Waals surface area contributed by atoms with Crippen molar-refractivity contribution in [1.29, 1.82) is 0 Å². The van der Waals surface area contributed by atoms with E-state index in [0.29, 0.717) is 5.92 Å². The minimum absolute atomic E-state index is 0.0440. The first-order valence-electron chi connectivity index (χ1n) is 7.03. The predicted molar refractivity (Wildman–Crippen MR) is 75.9 cm³/mol. The van der Waals surface area contributed by atoms with Crippen LogP contribution in [-0.2, 0) is 9.59 Å². The molecule has 20 heavy (non-hydrogen) atoms. The summed E-state index contributed by atoms with van der Waals surface area (Å²) < 4.78 is 0. The van der Waals surface area contributed by atoms with Crippen LogP contribution in [0.2, 0.25) is 0 Å². The zero-order valence-corrected chi connectivity index (χ0v) is 12.3. The Bertz CT molecular complexity index is 453. The smallest absolute Gasteiger partial charge is 0.220 e. The fourth-order valence-electron chi connectivity index (χ4n) is 1.96. The van der Waals surface area contributed by atoms with E-state index in [1.165, 1.54) is 5.56 Å². The van der Waals surface area contributed by atoms with Crippen LogP contribution in [0.1, 0.15) is 63.1 Å². The third-order valence-corrected chi connectivity index (χ3v) is 3.55. The molecule has 1 aromatic rings. The van der Waals surface area contributed by atoms with E-state index in [0.717, 1.165) is 12.0 Å². The quantitative estimate of drug-likeness (QED) is 0.827. The van der Waals surface area contributed by atoms with Crippen LogP contribution in [0.25, 0.3) is 0 Å². The summed E-state index contributed by atoms with van der Waals surface area (Å²) in [5.74, 6) is -0.949. The lowest BCUT2D eigenvalue weighted by Gasteiger charge is -2.16. The molecule has 0 aliphatic carbocycles. The summed E-state index contributed by atoms with van der Waals surface area (Å²) in [4.78, 5) is 21.8. The topological polar surface area (TPSA) is 69.2 Å². The summed E-state index contributed by atoms with van der Waals surface area (Å²) in [6, 6.07) is 8.03. The third-order valence-electron chi connectivity index (χ3n) is 3.55. The van der Waals surface area contributed by atoms with Gasteiger partial charge in [-0.25, -0.2) is 0 Å². The summed E-state index contributed by atoms with van der Waals surface area (Å²) in [7, 11) is 0. The summed E-state index contributed by atoms with van der Waals surface area (Å²) >= 11 is 0. The Morgan fingerprint density at radius 2 is 1.65 bits per heavy atom. The molecule has 0 saturated heterocycles. The molecule has 0 aliphatic rings. The van der Waals surface area contributed by atoms with Gasteiger partial charge in [0.2, 0.25) is 5.91 Å². The van der Waals surface area contributed by atoms with E-state index in [1.54, 1.807) is 0 Å². The minimum Gasteiger partial charge on any atom is -0.550 e. The molecule has 2 atom stereocenters. The van der Waals surface area contributed by atoms with Crippen LogP contribution in [0, 0.1) is 0 Å². The number of rotatable bonds is 7. The summed E-state index contributed by atoms with van der Waals surface area (Å²) in [5.41, 5.74) is 2.30. The molecule has 0 spiro atoms. The van der Waals surface area contributed by atoms with Gasteiger partial charge in [0, 0.05) is 12.4 Å². The first kappa shape index (κ1) is 16.2. The maximum absolute atomic E-state index is 11.6. The van der Waals surface area contributed by atoms with E-state index in [-0.39, 0.29) is 24.8 Å². The maximum Gasteiger partial charge on any atom is 0.220 e. The second-order valence-corrected chi connectivity index (χ2v) is 5.14. The van der Waals surface area contributed by atoms with Crippen LogP contribution in [0.5, 0.6) is 0 Å². The minimum atomic E-state index is -1.20. The molecule has 0 fully saturated rings. The van der Waals surface area contributed by atoms with Gasteiger partial charge in [-0.3, -0.25) is 4.79 Å². The van der Waals surface area contributed by atoms with Gasteiger partial charge in [-0.05, 0) is 36.8 Å². The average molecular weight is 276 g/mol. The van der Waals surface area contributed by atoms with E-state index in [9.17, 15) is 14.7 Å². The van der Waals surface area contributed by atoms with Gasteiger partial charge in [0.05, 0.1) is 6.04 Å². The highest BCUT2D eigenvalue weighted by Gasteiger charge is 2.10. The normalized spacial score (nSPS) is 13.6. The fraction of sp³-hybridized carbons (Fsp3) is 0.500. The van der Waals surface area contributed by atoms with Crippen molar-refractivity contribution in [3.8, 4) is 0 Å². The van der Waals surface area contributed by atoms with Crippen molar-refractivity contribution in [1.82, 2.24) is 5.32 Å². The predicted octanol–water partition coefficient (Wildman–Crippen LogP) is 1.91. The molecule has 0 aliphatic heterocycles. The van der Waals surface area contributed by atoms with E-state index in [4.69, 9.17) is 0 Å². The lowest BCUT2D eigenvalue weighted by molar-refractivity contribution is -0.305. The van der Waals surface area contributed by atoms with Crippen LogP contribution >= 0.6 is 0 Å². The molecule has 110 valence electrons. The largest absolute Gasteiger partial charge is 0.550 e. The van der Waals surface area contributed by atoms with Crippen LogP contribution in [0.15, 0.2) is 24.3 Å². The number of aliphatic carboxylic acids is 1. The molecular weight excluding hydrogens is 254 g/mol. The van der Waals surface area contributed by atoms with E-state index >= 15 is 0 Å². The van der Waals surface area contributed by atoms with Crippen LogP contribution in [-0.4, -0.2) is 11.9 Å². The van der Waals surface area contributed by atoms with Gasteiger partial charge in [-0.2, -0.15) is 0 Å². The zero-order chi connectivity index (χ0) is 15.1. The van der Waals surface area contributed by atoms with Gasteiger partial charge < -0.3 is 15.2 Å². The fourth-order valence-corrected chi connectivity index (χ4v) is 1.96. The van der Waals surface area contributed by atoms with Gasteiger partial charge in [0.1, 0.15) is 0 Å². The number of carbonyl (C=O) groups is 2. The standard InChI is InChI=1S/C16H23NO3/c1-4-11(2)13-5-7-14(8-6-13)12(3)17-15(18)9-10-16(19)20/h5-8,11-12H,4,9-10H2,1-3H3,(H,17,18)(H,19,20)/p-1/t11-,12-/m1/s1. The molecule has 0 unspecified atom stereocenters. The number of carboxylic acid groups (broad SMARTS) is 1. The molecule has 0 radical (unpaired) electrons. The number of benzene rings is 1. The number of hydrogen-bond donors (Lipinski definition) is 1. The molecule has 0 aromatic heterocycles. The Balaban J connectivity index is 2.57. The van der Waals surface area contributed by atoms with Crippen molar-refractivity contribution in [2.45, 2.75) is 52.0 Å². The number of nitrogens with one attached hydrogen (secondary N) is 1. The van der Waals surface area contributed by atoms with Crippen molar-refractivity contribution in [2.75, 3.05) is 0 Å². The molecule has 4 heteroatoms. The molecule has 0 saturated carbocycles. The van der Waals surface area contributed by atoms with Crippen molar-refractivity contribution < 1.29 is 14.7 Å². The molecule has 4 nitrogen and oxygen atoms in total. The second-order valence-electron chi connectivity index (χ2n) is 5.14. The first-order valence-corrected chi connectivity index (χ1v) is 7.03. The Morgan fingerprint density at radius 3 is 2.15 bits per heavy atom. The van der Waals surface area contributed by atoms with Crippen molar-refractivity contribution in [3.05, 3.63) is 35.4 Å². The monoisotopic (exact) mass is 276 g/mol. The van der Waals surface area contributed by atoms with Crippen LogP contribution in [0.3, 0.4) is 0 Å². The summed E-state index contributed by atoms with van der Waals surface area (Å²) in [6.45, 7) is 6.22. The number of hydrogen-bond acceptors (Lipinski definition) is 3. The van der Waals surface area contributed by atoms with Crippen molar-refractivity contribution >= 4 is 11.9 Å². The summed E-state index contributed by atoms with van der Waals surface area (Å²) in [6.07, 6.45) is 0.804. The molecule has 0 bridgehead atoms. The third kappa shape index (κ3) is 5.03. The zero-order valence-electron chi connectivity index (χ0n) is 12.3. The molecule has 1 aromatic carbocycles. The maximum atomic E-state index is 11.6. The van der Waals surface area contributed by atoms with Crippen LogP contribution < -0.4 is 10.4 Å². The van der Waals surface area contributed by atoms with Crippen molar-refractivity contribution in [3.63, 3.8) is 0 Å². The first-order chi connectivity index (χ1) is 9.43. The lowest BCUT2D eigenvalue weighted by atomic mass is 9.96. The Morgan fingerprint density at radius 1 is 1.10 bits per heavy atom. The molecule has 1 rings (SSSR count). The molecule has 1 N–H and O–H groups in total. The Hall–Kier alpha value is -1.84. The van der Waals surface area contributed by atoms with Crippen LogP contribution in [0.4, 0.5) is 0 Å². The highest BCUT2D eigenvalue weighted by Crippen LogP contribution is 2.21. The lowest BCUT2D eigenvalue weighted by Crippen LogP contribution is -2.29. The van der Waals surface area contributed by atoms with Gasteiger partial charge in [0.15, 0.2) is 0 Å². The van der Waals surface area contributed by atoms with E-state index < -0.39 is 5.97 Å². The summed E-state index contributed by atoms with van der Waals surface area (Å²) in [5, 5.41) is 13.1. The Kier molecular flexibility index (Phi) is 6.22. The SMILES string of the molecule is CC[C@@H](C)c1ccc([C@@H](C)NC(=O)CCC(=O)[O-])cc1. The molecule has 1 amide bonds. The molecule has 0 heterocycles.